The molecule has 2 aromatic carbocycles. The molecule has 0 aliphatic heterocycles. The summed E-state index contributed by atoms with van der Waals surface area (Å²) < 4.78 is 5.32. The van der Waals surface area contributed by atoms with Gasteiger partial charge in [-0.3, -0.25) is 4.79 Å². The molecule has 3 rings (SSSR count). The zero-order chi connectivity index (χ0) is 21.5. The van der Waals surface area contributed by atoms with Crippen molar-refractivity contribution in [1.82, 2.24) is 10.3 Å². The Hall–Kier alpha value is -2.99. The molecule has 0 saturated heterocycles. The van der Waals surface area contributed by atoms with Gasteiger partial charge in [0, 0.05) is 17.5 Å². The molecule has 0 radical (unpaired) electrons. The van der Waals surface area contributed by atoms with Gasteiger partial charge in [-0.1, -0.05) is 68.4 Å². The fourth-order valence-electron chi connectivity index (χ4n) is 2.95. The number of rotatable bonds is 8. The topological polar surface area (TPSA) is 68.3 Å². The van der Waals surface area contributed by atoms with Crippen LogP contribution >= 0.6 is 11.3 Å². The van der Waals surface area contributed by atoms with Gasteiger partial charge in [-0.15, -0.1) is 11.3 Å². The molecule has 0 fully saturated rings. The van der Waals surface area contributed by atoms with E-state index in [1.54, 1.807) is 12.3 Å². The summed E-state index contributed by atoms with van der Waals surface area (Å²) >= 11 is 1.38. The van der Waals surface area contributed by atoms with Gasteiger partial charge < -0.3 is 10.1 Å². The Balaban J connectivity index is 1.53. The van der Waals surface area contributed by atoms with Crippen molar-refractivity contribution in [2.24, 2.45) is 0 Å². The molecule has 0 aliphatic rings. The van der Waals surface area contributed by atoms with Gasteiger partial charge in [-0.25, -0.2) is 9.78 Å². The Morgan fingerprint density at radius 3 is 2.43 bits per heavy atom. The van der Waals surface area contributed by atoms with Gasteiger partial charge in [-0.2, -0.15) is 0 Å². The maximum absolute atomic E-state index is 12.4. The molecule has 3 aromatic rings. The molecule has 0 spiro atoms. The van der Waals surface area contributed by atoms with Crippen molar-refractivity contribution in [3.63, 3.8) is 0 Å². The van der Waals surface area contributed by atoms with E-state index in [1.165, 1.54) is 16.9 Å². The first kappa shape index (κ1) is 21.7. The van der Waals surface area contributed by atoms with Crippen LogP contribution < -0.4 is 5.32 Å². The van der Waals surface area contributed by atoms with Crippen LogP contribution in [-0.4, -0.2) is 29.5 Å². The van der Waals surface area contributed by atoms with Gasteiger partial charge in [-0.05, 0) is 30.4 Å². The van der Waals surface area contributed by atoms with Gasteiger partial charge in [0.05, 0.1) is 0 Å². The van der Waals surface area contributed by atoms with Crippen LogP contribution in [-0.2, 0) is 16.0 Å². The lowest BCUT2D eigenvalue weighted by molar-refractivity contribution is -0.129. The largest absolute Gasteiger partial charge is 0.448 e. The Morgan fingerprint density at radius 2 is 1.77 bits per heavy atom. The van der Waals surface area contributed by atoms with Crippen molar-refractivity contribution < 1.29 is 14.3 Å². The summed E-state index contributed by atoms with van der Waals surface area (Å²) in [5, 5.41) is 5.25. The van der Waals surface area contributed by atoms with Crippen molar-refractivity contribution in [2.75, 3.05) is 6.54 Å². The molecule has 6 heteroatoms. The highest BCUT2D eigenvalue weighted by atomic mass is 32.1. The number of hydrogen-bond donors (Lipinski definition) is 1. The molecule has 0 aliphatic carbocycles. The summed E-state index contributed by atoms with van der Waals surface area (Å²) in [5.74, 6) is -0.753. The van der Waals surface area contributed by atoms with E-state index < -0.39 is 12.1 Å². The summed E-state index contributed by atoms with van der Waals surface area (Å²) in [6.45, 7) is 6.18. The first-order valence-electron chi connectivity index (χ1n) is 10.1. The lowest BCUT2D eigenvalue weighted by Gasteiger charge is -2.16. The van der Waals surface area contributed by atoms with Crippen LogP contribution in [0.4, 0.5) is 0 Å². The minimum absolute atomic E-state index is 0.165. The number of thiazole rings is 1. The lowest BCUT2D eigenvalue weighted by Crippen LogP contribution is -2.37. The highest BCUT2D eigenvalue weighted by molar-refractivity contribution is 7.13. The van der Waals surface area contributed by atoms with E-state index in [1.807, 2.05) is 49.4 Å². The van der Waals surface area contributed by atoms with Gasteiger partial charge in [0.15, 0.2) is 11.8 Å². The average molecular weight is 423 g/mol. The predicted molar refractivity (Wildman–Crippen MR) is 120 cm³/mol. The first-order valence-corrected chi connectivity index (χ1v) is 10.9. The smallest absolute Gasteiger partial charge is 0.358 e. The predicted octanol–water partition coefficient (Wildman–Crippen LogP) is 4.84. The maximum Gasteiger partial charge on any atom is 0.358 e. The number of carbonyl (C=O) groups excluding carboxylic acids is 2. The highest BCUT2D eigenvalue weighted by Gasteiger charge is 2.21. The zero-order valence-electron chi connectivity index (χ0n) is 17.4. The van der Waals surface area contributed by atoms with Crippen LogP contribution in [0, 0.1) is 0 Å². The standard InChI is InChI=1S/C24H26N2O3S/c1-4-18-10-12-20(13-11-18)23-26-21(15-30-23)24(28)29-17(3)22(27)25-14-16(2)19-8-6-5-7-9-19/h5-13,15-17H,4,14H2,1-3H3,(H,25,27)/t16-,17-/m0/s1. The van der Waals surface area contributed by atoms with E-state index >= 15 is 0 Å². The number of amides is 1. The third-order valence-corrected chi connectivity index (χ3v) is 5.82. The number of aromatic nitrogens is 1. The van der Waals surface area contributed by atoms with E-state index in [4.69, 9.17) is 4.74 Å². The lowest BCUT2D eigenvalue weighted by atomic mass is 10.0. The second-order valence-corrected chi connectivity index (χ2v) is 8.05. The number of nitrogens with one attached hydrogen (secondary N) is 1. The Bertz CT molecular complexity index is 983. The number of aryl methyl sites for hydroxylation is 1. The van der Waals surface area contributed by atoms with E-state index in [-0.39, 0.29) is 17.5 Å². The molecule has 5 nitrogen and oxygen atoms in total. The molecule has 1 N–H and O–H groups in total. The second kappa shape index (κ2) is 10.2. The Kier molecular flexibility index (Phi) is 7.36. The quantitative estimate of drug-likeness (QED) is 0.528. The SMILES string of the molecule is CCc1ccc(-c2nc(C(=O)O[C@@H](C)C(=O)NC[C@H](C)c3ccccc3)cs2)cc1. The van der Waals surface area contributed by atoms with Crippen LogP contribution in [0.5, 0.6) is 0 Å². The third-order valence-electron chi connectivity index (χ3n) is 4.93. The summed E-state index contributed by atoms with van der Waals surface area (Å²) in [6.07, 6.45) is 0.0780. The molecular weight excluding hydrogens is 396 g/mol. The highest BCUT2D eigenvalue weighted by Crippen LogP contribution is 2.24. The number of ether oxygens (including phenoxy) is 1. The molecular formula is C24H26N2O3S. The van der Waals surface area contributed by atoms with Crippen LogP contribution in [0.2, 0.25) is 0 Å². The Morgan fingerprint density at radius 1 is 1.07 bits per heavy atom. The molecule has 0 bridgehead atoms. The fraction of sp³-hybridized carbons (Fsp3) is 0.292. The maximum atomic E-state index is 12.4. The van der Waals surface area contributed by atoms with Crippen molar-refractivity contribution in [2.45, 2.75) is 39.2 Å². The van der Waals surface area contributed by atoms with E-state index in [0.29, 0.717) is 6.54 Å². The molecule has 2 atom stereocenters. The summed E-state index contributed by atoms with van der Waals surface area (Å²) in [7, 11) is 0. The summed E-state index contributed by atoms with van der Waals surface area (Å²) in [6, 6.07) is 18.0. The van der Waals surface area contributed by atoms with E-state index in [0.717, 1.165) is 22.6 Å². The first-order chi connectivity index (χ1) is 14.5. The van der Waals surface area contributed by atoms with Crippen LogP contribution in [0.1, 0.15) is 48.3 Å². The number of nitrogens with zero attached hydrogens (tertiary/aromatic N) is 1. The average Bonchev–Trinajstić information content (AvgIpc) is 3.28. The minimum Gasteiger partial charge on any atom is -0.448 e. The van der Waals surface area contributed by atoms with Crippen LogP contribution in [0.3, 0.4) is 0 Å². The molecule has 156 valence electrons. The molecule has 1 aromatic heterocycles. The Labute approximate surface area is 181 Å². The van der Waals surface area contributed by atoms with E-state index in [9.17, 15) is 9.59 Å². The molecule has 0 unspecified atom stereocenters. The number of carbonyl (C=O) groups is 2. The van der Waals surface area contributed by atoms with Gasteiger partial charge in [0.1, 0.15) is 5.01 Å². The second-order valence-electron chi connectivity index (χ2n) is 7.19. The normalized spacial score (nSPS) is 12.8. The van der Waals surface area contributed by atoms with Crippen molar-refractivity contribution in [3.05, 3.63) is 76.8 Å². The molecule has 0 saturated carbocycles. The van der Waals surface area contributed by atoms with Crippen LogP contribution in [0.15, 0.2) is 60.0 Å². The number of hydrogen-bond acceptors (Lipinski definition) is 5. The van der Waals surface area contributed by atoms with Gasteiger partial charge >= 0.3 is 5.97 Å². The molecule has 30 heavy (non-hydrogen) atoms. The van der Waals surface area contributed by atoms with E-state index in [2.05, 4.69) is 29.4 Å². The molecule has 1 heterocycles. The fourth-order valence-corrected chi connectivity index (χ4v) is 3.75. The van der Waals surface area contributed by atoms with Crippen molar-refractivity contribution >= 4 is 23.2 Å². The van der Waals surface area contributed by atoms with Crippen molar-refractivity contribution in [1.29, 1.82) is 0 Å². The monoisotopic (exact) mass is 422 g/mol. The van der Waals surface area contributed by atoms with Crippen molar-refractivity contribution in [3.8, 4) is 10.6 Å². The van der Waals surface area contributed by atoms with Crippen LogP contribution in [0.25, 0.3) is 10.6 Å². The number of esters is 1. The van der Waals surface area contributed by atoms with Gasteiger partial charge in [0.25, 0.3) is 5.91 Å². The molecule has 1 amide bonds. The zero-order valence-corrected chi connectivity index (χ0v) is 18.2. The van der Waals surface area contributed by atoms with Gasteiger partial charge in [0.2, 0.25) is 0 Å². The summed E-state index contributed by atoms with van der Waals surface area (Å²) in [5.41, 5.74) is 3.56. The minimum atomic E-state index is -0.894. The number of benzene rings is 2. The summed E-state index contributed by atoms with van der Waals surface area (Å²) in [4.78, 5) is 29.1. The third kappa shape index (κ3) is 5.54.